The minimum Gasteiger partial charge on any atom is -0.465 e. The van der Waals surface area contributed by atoms with Crippen molar-refractivity contribution in [3.8, 4) is 11.5 Å². The molecule has 5 aromatic rings. The standard InChI is InChI=1S/C33H32F3N5O2/c34-21-8-10-25-26(17-33(15-20-5-2-1-3-6-20)16-23(36)18-41(33)32(42)43)30(38-27(25)13-21)31-39-28-14-22(35)9-11-29(28)40(31)19-24-7-4-12-37-24/h1-3,5-6,8-11,13-14,23-24,37-38H,4,7,12,15-19H2,(H,42,43)/t23-,24-,33-/m0/s1. The Hall–Kier alpha value is -4.31. The minimum atomic E-state index is -1.33. The van der Waals surface area contributed by atoms with E-state index >= 15 is 4.39 Å². The maximum absolute atomic E-state index is 15.2. The van der Waals surface area contributed by atoms with Gasteiger partial charge in [-0.05, 0) is 73.7 Å². The lowest BCUT2D eigenvalue weighted by Crippen LogP contribution is -2.50. The van der Waals surface area contributed by atoms with Gasteiger partial charge in [-0.1, -0.05) is 30.3 Å². The van der Waals surface area contributed by atoms with Gasteiger partial charge in [0.2, 0.25) is 0 Å². The van der Waals surface area contributed by atoms with Gasteiger partial charge in [-0.15, -0.1) is 0 Å². The molecule has 0 saturated carbocycles. The lowest BCUT2D eigenvalue weighted by molar-refractivity contribution is 0.101. The second-order valence-electron chi connectivity index (χ2n) is 11.9. The fourth-order valence-electron chi connectivity index (χ4n) is 7.18. The summed E-state index contributed by atoms with van der Waals surface area (Å²) in [5.41, 5.74) is 2.89. The van der Waals surface area contributed by atoms with Gasteiger partial charge in [-0.3, -0.25) is 4.90 Å². The number of fused-ring (bicyclic) bond motifs is 2. The number of aromatic amines is 1. The molecule has 3 N–H and O–H groups in total. The smallest absolute Gasteiger partial charge is 0.407 e. The Morgan fingerprint density at radius 2 is 1.84 bits per heavy atom. The SMILES string of the molecule is O=C(O)N1C[C@@H](F)C[C@@]1(Cc1ccccc1)Cc1c(-c2nc3cc(F)ccc3n2C[C@@H]2CCCN2)[nH]c2cc(F)ccc12. The lowest BCUT2D eigenvalue weighted by Gasteiger charge is -2.37. The summed E-state index contributed by atoms with van der Waals surface area (Å²) in [7, 11) is 0. The zero-order valence-electron chi connectivity index (χ0n) is 23.5. The average molecular weight is 588 g/mol. The van der Waals surface area contributed by atoms with Crippen molar-refractivity contribution in [2.75, 3.05) is 13.1 Å². The first-order chi connectivity index (χ1) is 20.8. The van der Waals surface area contributed by atoms with E-state index in [0.717, 1.165) is 36.0 Å². The van der Waals surface area contributed by atoms with E-state index in [1.807, 2.05) is 34.9 Å². The topological polar surface area (TPSA) is 86.2 Å². The van der Waals surface area contributed by atoms with Crippen LogP contribution in [0.3, 0.4) is 0 Å². The third-order valence-electron chi connectivity index (χ3n) is 9.03. The third-order valence-corrected chi connectivity index (χ3v) is 9.03. The molecule has 0 spiro atoms. The molecule has 0 bridgehead atoms. The second kappa shape index (κ2) is 10.8. The fraction of sp³-hybridized carbons (Fsp3) is 0.333. The van der Waals surface area contributed by atoms with Crippen molar-refractivity contribution >= 4 is 28.0 Å². The summed E-state index contributed by atoms with van der Waals surface area (Å²) in [5.74, 6) is -0.277. The highest BCUT2D eigenvalue weighted by Gasteiger charge is 2.49. The largest absolute Gasteiger partial charge is 0.465 e. The van der Waals surface area contributed by atoms with Crippen molar-refractivity contribution in [2.45, 2.75) is 56.4 Å². The van der Waals surface area contributed by atoms with Crippen LogP contribution in [0.2, 0.25) is 0 Å². The van der Waals surface area contributed by atoms with Crippen LogP contribution in [0.5, 0.6) is 0 Å². The molecule has 43 heavy (non-hydrogen) atoms. The summed E-state index contributed by atoms with van der Waals surface area (Å²) in [5, 5.41) is 14.5. The van der Waals surface area contributed by atoms with Crippen LogP contribution in [0.15, 0.2) is 66.7 Å². The van der Waals surface area contributed by atoms with Gasteiger partial charge in [0.1, 0.15) is 17.8 Å². The predicted molar refractivity (Wildman–Crippen MR) is 159 cm³/mol. The van der Waals surface area contributed by atoms with Crippen LogP contribution >= 0.6 is 0 Å². The molecule has 3 atom stereocenters. The molecule has 2 aliphatic rings. The van der Waals surface area contributed by atoms with Crippen LogP contribution in [0.4, 0.5) is 18.0 Å². The molecule has 10 heteroatoms. The molecule has 2 aliphatic heterocycles. The highest BCUT2D eigenvalue weighted by Crippen LogP contribution is 2.42. The Labute approximate surface area is 246 Å². The molecule has 222 valence electrons. The summed E-state index contributed by atoms with van der Waals surface area (Å²) in [6.07, 6.45) is 0.0306. The zero-order chi connectivity index (χ0) is 29.7. The number of H-pyrrole nitrogens is 1. The van der Waals surface area contributed by atoms with E-state index in [1.165, 1.54) is 29.2 Å². The van der Waals surface area contributed by atoms with E-state index in [1.54, 1.807) is 12.1 Å². The zero-order valence-corrected chi connectivity index (χ0v) is 23.5. The normalized spacial score (nSPS) is 22.3. The Kier molecular flexibility index (Phi) is 6.88. The molecule has 0 unspecified atom stereocenters. The molecule has 0 radical (unpaired) electrons. The van der Waals surface area contributed by atoms with Crippen LogP contribution in [-0.2, 0) is 19.4 Å². The van der Waals surface area contributed by atoms with Crippen LogP contribution in [0.25, 0.3) is 33.5 Å². The van der Waals surface area contributed by atoms with E-state index in [9.17, 15) is 18.7 Å². The summed E-state index contributed by atoms with van der Waals surface area (Å²) >= 11 is 0. The molecule has 7 nitrogen and oxygen atoms in total. The number of benzene rings is 3. The van der Waals surface area contributed by atoms with E-state index in [2.05, 4.69) is 10.3 Å². The van der Waals surface area contributed by atoms with Crippen molar-refractivity contribution < 1.29 is 23.1 Å². The summed E-state index contributed by atoms with van der Waals surface area (Å²) in [6, 6.07) is 18.7. The Bertz CT molecular complexity index is 1810. The summed E-state index contributed by atoms with van der Waals surface area (Å²) in [6.45, 7) is 1.28. The van der Waals surface area contributed by atoms with E-state index in [0.29, 0.717) is 40.9 Å². The van der Waals surface area contributed by atoms with Gasteiger partial charge >= 0.3 is 6.09 Å². The molecule has 4 heterocycles. The number of halogens is 3. The Morgan fingerprint density at radius 3 is 2.60 bits per heavy atom. The first kappa shape index (κ1) is 27.5. The van der Waals surface area contributed by atoms with E-state index in [4.69, 9.17) is 4.98 Å². The molecule has 2 aromatic heterocycles. The molecule has 3 aromatic carbocycles. The van der Waals surface area contributed by atoms with Crippen LogP contribution in [0.1, 0.15) is 30.4 Å². The minimum absolute atomic E-state index is 0.0229. The van der Waals surface area contributed by atoms with Crippen molar-refractivity contribution in [1.82, 2.24) is 24.8 Å². The second-order valence-corrected chi connectivity index (χ2v) is 11.9. The monoisotopic (exact) mass is 587 g/mol. The van der Waals surface area contributed by atoms with E-state index < -0.39 is 29.4 Å². The molecule has 2 fully saturated rings. The summed E-state index contributed by atoms with van der Waals surface area (Å²) < 4.78 is 46.1. The van der Waals surface area contributed by atoms with Crippen LogP contribution in [0, 0.1) is 11.6 Å². The molecular formula is C33H32F3N5O2. The maximum atomic E-state index is 15.2. The third kappa shape index (κ3) is 5.03. The number of alkyl halides is 1. The number of hydrogen-bond acceptors (Lipinski definition) is 3. The van der Waals surface area contributed by atoms with Gasteiger partial charge in [0, 0.05) is 36.0 Å². The first-order valence-electron chi connectivity index (χ1n) is 14.7. The number of carbonyl (C=O) groups is 1. The Morgan fingerprint density at radius 1 is 1.05 bits per heavy atom. The van der Waals surface area contributed by atoms with Crippen molar-refractivity contribution in [2.24, 2.45) is 0 Å². The van der Waals surface area contributed by atoms with Crippen molar-refractivity contribution in [3.63, 3.8) is 0 Å². The highest BCUT2D eigenvalue weighted by atomic mass is 19.1. The van der Waals surface area contributed by atoms with Gasteiger partial charge in [-0.25, -0.2) is 22.9 Å². The highest BCUT2D eigenvalue weighted by molar-refractivity contribution is 5.92. The number of aromatic nitrogens is 3. The first-order valence-corrected chi connectivity index (χ1v) is 14.7. The lowest BCUT2D eigenvalue weighted by atomic mass is 9.81. The number of carboxylic acid groups (broad SMARTS) is 1. The average Bonchev–Trinajstić information content (AvgIpc) is 3.75. The number of nitrogens with one attached hydrogen (secondary N) is 2. The Balaban J connectivity index is 1.43. The van der Waals surface area contributed by atoms with Crippen molar-refractivity contribution in [3.05, 3.63) is 89.5 Å². The van der Waals surface area contributed by atoms with Crippen LogP contribution < -0.4 is 5.32 Å². The molecule has 7 rings (SSSR count). The number of rotatable bonds is 7. The maximum Gasteiger partial charge on any atom is 0.407 e. The van der Waals surface area contributed by atoms with Gasteiger partial charge in [0.25, 0.3) is 0 Å². The quantitative estimate of drug-likeness (QED) is 0.204. The van der Waals surface area contributed by atoms with Gasteiger partial charge in [-0.2, -0.15) is 0 Å². The molecule has 0 aliphatic carbocycles. The number of amides is 1. The molecule has 1 amide bonds. The molecule has 2 saturated heterocycles. The van der Waals surface area contributed by atoms with Crippen LogP contribution in [-0.4, -0.2) is 61.5 Å². The number of likely N-dealkylation sites (tertiary alicyclic amines) is 1. The van der Waals surface area contributed by atoms with E-state index in [-0.39, 0.29) is 25.4 Å². The van der Waals surface area contributed by atoms with Gasteiger partial charge < -0.3 is 20.0 Å². The fourth-order valence-corrected chi connectivity index (χ4v) is 7.18. The number of imidazole rings is 1. The van der Waals surface area contributed by atoms with Crippen molar-refractivity contribution in [1.29, 1.82) is 0 Å². The van der Waals surface area contributed by atoms with Gasteiger partial charge in [0.05, 0.1) is 28.8 Å². The number of hydrogen-bond donors (Lipinski definition) is 3. The number of nitrogens with zero attached hydrogens (tertiary/aromatic N) is 3. The summed E-state index contributed by atoms with van der Waals surface area (Å²) in [4.78, 5) is 22.1. The van der Waals surface area contributed by atoms with Gasteiger partial charge in [0.15, 0.2) is 5.82 Å². The predicted octanol–water partition coefficient (Wildman–Crippen LogP) is 6.46. The molecular weight excluding hydrogens is 555 g/mol.